The minimum absolute atomic E-state index is 0.0277. The predicted molar refractivity (Wildman–Crippen MR) is 71.6 cm³/mol. The molecule has 1 atom stereocenters. The number of aromatic nitrogens is 2. The number of rotatable bonds is 5. The molecule has 2 rings (SSSR count). The number of alkyl halides is 2. The number of benzene rings is 1. The van der Waals surface area contributed by atoms with E-state index < -0.39 is 6.55 Å². The second-order valence-corrected chi connectivity index (χ2v) is 4.65. The van der Waals surface area contributed by atoms with Crippen LogP contribution in [-0.2, 0) is 6.61 Å². The average molecular weight is 281 g/mol. The van der Waals surface area contributed by atoms with E-state index in [2.05, 4.69) is 4.98 Å². The number of aryl methyl sites for hydroxylation is 1. The smallest absolute Gasteiger partial charge is 0.320 e. The number of imidazole rings is 1. The molecule has 1 heterocycles. The maximum absolute atomic E-state index is 12.7. The van der Waals surface area contributed by atoms with E-state index in [9.17, 15) is 8.78 Å². The van der Waals surface area contributed by atoms with E-state index in [0.29, 0.717) is 5.75 Å². The van der Waals surface area contributed by atoms with Gasteiger partial charge in [0.2, 0.25) is 0 Å². The van der Waals surface area contributed by atoms with Crippen LogP contribution in [0.25, 0.3) is 0 Å². The molecular weight excluding hydrogens is 264 g/mol. The third-order valence-electron chi connectivity index (χ3n) is 2.97. The Morgan fingerprint density at radius 1 is 1.40 bits per heavy atom. The van der Waals surface area contributed by atoms with Crippen molar-refractivity contribution in [3.63, 3.8) is 0 Å². The highest BCUT2D eigenvalue weighted by atomic mass is 19.3. The lowest BCUT2D eigenvalue weighted by Crippen LogP contribution is -2.11. The number of halogens is 2. The van der Waals surface area contributed by atoms with Crippen LogP contribution in [0.3, 0.4) is 0 Å². The monoisotopic (exact) mass is 281 g/mol. The largest absolute Gasteiger partial charge is 0.485 e. The van der Waals surface area contributed by atoms with Crippen molar-refractivity contribution < 1.29 is 13.5 Å². The Hall–Kier alpha value is -1.95. The molecule has 4 nitrogen and oxygen atoms in total. The maximum atomic E-state index is 12.7. The summed E-state index contributed by atoms with van der Waals surface area (Å²) in [6.45, 7) is 1.16. The first kappa shape index (κ1) is 14.5. The second-order valence-electron chi connectivity index (χ2n) is 4.65. The van der Waals surface area contributed by atoms with Gasteiger partial charge in [-0.15, -0.1) is 0 Å². The zero-order valence-electron chi connectivity index (χ0n) is 11.4. The normalized spacial score (nSPS) is 12.7. The van der Waals surface area contributed by atoms with Gasteiger partial charge in [-0.05, 0) is 19.9 Å². The van der Waals surface area contributed by atoms with Crippen LogP contribution in [0.2, 0.25) is 0 Å². The first-order valence-electron chi connectivity index (χ1n) is 6.28. The lowest BCUT2D eigenvalue weighted by molar-refractivity contribution is 0.0632. The first-order valence-corrected chi connectivity index (χ1v) is 6.28. The van der Waals surface area contributed by atoms with E-state index in [-0.39, 0.29) is 18.5 Å². The van der Waals surface area contributed by atoms with Gasteiger partial charge >= 0.3 is 6.55 Å². The zero-order valence-corrected chi connectivity index (χ0v) is 11.4. The molecule has 1 unspecified atom stereocenters. The van der Waals surface area contributed by atoms with Crippen LogP contribution in [0.1, 0.15) is 36.5 Å². The van der Waals surface area contributed by atoms with Crippen LogP contribution in [0.15, 0.2) is 30.6 Å². The van der Waals surface area contributed by atoms with Gasteiger partial charge in [0.05, 0.1) is 0 Å². The summed E-state index contributed by atoms with van der Waals surface area (Å²) in [4.78, 5) is 3.87. The highest BCUT2D eigenvalue weighted by Gasteiger charge is 2.13. The molecule has 1 aromatic carbocycles. The lowest BCUT2D eigenvalue weighted by Gasteiger charge is -2.15. The maximum Gasteiger partial charge on any atom is 0.320 e. The van der Waals surface area contributed by atoms with Crippen LogP contribution < -0.4 is 10.5 Å². The van der Waals surface area contributed by atoms with Gasteiger partial charge in [0.15, 0.2) is 5.82 Å². The van der Waals surface area contributed by atoms with Gasteiger partial charge in [-0.25, -0.2) is 4.98 Å². The topological polar surface area (TPSA) is 53.1 Å². The van der Waals surface area contributed by atoms with Gasteiger partial charge in [-0.3, -0.25) is 4.57 Å². The molecule has 0 bridgehead atoms. The molecule has 0 saturated heterocycles. The molecule has 0 aliphatic carbocycles. The van der Waals surface area contributed by atoms with Crippen LogP contribution in [0.5, 0.6) is 5.75 Å². The summed E-state index contributed by atoms with van der Waals surface area (Å²) in [6, 6.07) is 5.42. The van der Waals surface area contributed by atoms with Crippen LogP contribution in [0, 0.1) is 6.92 Å². The Morgan fingerprint density at radius 2 is 2.15 bits per heavy atom. The summed E-state index contributed by atoms with van der Waals surface area (Å²) in [5.74, 6) is 0.769. The molecule has 20 heavy (non-hydrogen) atoms. The molecule has 1 aromatic heterocycles. The van der Waals surface area contributed by atoms with Crippen molar-refractivity contribution >= 4 is 0 Å². The third kappa shape index (κ3) is 3.14. The van der Waals surface area contributed by atoms with Gasteiger partial charge in [0, 0.05) is 24.0 Å². The summed E-state index contributed by atoms with van der Waals surface area (Å²) in [6.07, 6.45) is 2.55. The number of ether oxygens (including phenoxy) is 1. The Kier molecular flexibility index (Phi) is 4.34. The third-order valence-corrected chi connectivity index (χ3v) is 2.97. The van der Waals surface area contributed by atoms with Crippen molar-refractivity contribution in [3.05, 3.63) is 47.5 Å². The van der Waals surface area contributed by atoms with Crippen molar-refractivity contribution in [2.75, 3.05) is 0 Å². The predicted octanol–water partition coefficient (Wildman–Crippen LogP) is 3.19. The Morgan fingerprint density at radius 3 is 2.80 bits per heavy atom. The molecule has 108 valence electrons. The molecule has 0 fully saturated rings. The highest BCUT2D eigenvalue weighted by Crippen LogP contribution is 2.26. The van der Waals surface area contributed by atoms with Crippen LogP contribution in [-0.4, -0.2) is 9.55 Å². The van der Waals surface area contributed by atoms with E-state index in [1.807, 2.05) is 26.0 Å². The van der Waals surface area contributed by atoms with Crippen molar-refractivity contribution in [1.82, 2.24) is 9.55 Å². The van der Waals surface area contributed by atoms with Crippen molar-refractivity contribution in [2.45, 2.75) is 33.0 Å². The van der Waals surface area contributed by atoms with E-state index in [0.717, 1.165) is 15.7 Å². The molecular formula is C14H17F2N3O. The quantitative estimate of drug-likeness (QED) is 0.915. The van der Waals surface area contributed by atoms with Crippen LogP contribution in [0.4, 0.5) is 8.78 Å². The van der Waals surface area contributed by atoms with E-state index in [1.165, 1.54) is 12.4 Å². The number of nitrogens with two attached hydrogens (primary N) is 1. The standard InChI is InChI=1S/C14H17F2N3O/c1-9-3-4-12(11(7-9)10(2)17)20-8-13-18-5-6-19(13)14(15)16/h3-7,10,14H,8,17H2,1-2H3. The molecule has 0 saturated carbocycles. The van der Waals surface area contributed by atoms with Crippen LogP contribution >= 0.6 is 0 Å². The Bertz CT molecular complexity index is 582. The summed E-state index contributed by atoms with van der Waals surface area (Å²) < 4.78 is 31.8. The molecule has 0 radical (unpaired) electrons. The van der Waals surface area contributed by atoms with Gasteiger partial charge < -0.3 is 10.5 Å². The molecule has 0 amide bonds. The highest BCUT2D eigenvalue weighted by molar-refractivity contribution is 5.38. The average Bonchev–Trinajstić information content (AvgIpc) is 2.85. The minimum Gasteiger partial charge on any atom is -0.485 e. The Labute approximate surface area is 116 Å². The number of hydrogen-bond donors (Lipinski definition) is 1. The van der Waals surface area contributed by atoms with Crippen molar-refractivity contribution in [2.24, 2.45) is 5.73 Å². The lowest BCUT2D eigenvalue weighted by atomic mass is 10.1. The van der Waals surface area contributed by atoms with E-state index >= 15 is 0 Å². The van der Waals surface area contributed by atoms with Crippen molar-refractivity contribution in [3.8, 4) is 5.75 Å². The fraction of sp³-hybridized carbons (Fsp3) is 0.357. The molecule has 2 aromatic rings. The van der Waals surface area contributed by atoms with Crippen molar-refractivity contribution in [1.29, 1.82) is 0 Å². The molecule has 0 aliphatic rings. The van der Waals surface area contributed by atoms with Gasteiger partial charge in [0.25, 0.3) is 0 Å². The number of hydrogen-bond acceptors (Lipinski definition) is 3. The first-order chi connectivity index (χ1) is 9.49. The minimum atomic E-state index is -2.62. The zero-order chi connectivity index (χ0) is 14.7. The fourth-order valence-electron chi connectivity index (χ4n) is 1.93. The van der Waals surface area contributed by atoms with E-state index in [4.69, 9.17) is 10.5 Å². The van der Waals surface area contributed by atoms with Gasteiger partial charge in [-0.2, -0.15) is 8.78 Å². The molecule has 0 aliphatic heterocycles. The Balaban J connectivity index is 2.17. The van der Waals surface area contributed by atoms with E-state index in [1.54, 1.807) is 6.07 Å². The summed E-state index contributed by atoms with van der Waals surface area (Å²) in [7, 11) is 0. The summed E-state index contributed by atoms with van der Waals surface area (Å²) in [5.41, 5.74) is 7.81. The summed E-state index contributed by atoms with van der Waals surface area (Å²) >= 11 is 0. The summed E-state index contributed by atoms with van der Waals surface area (Å²) in [5, 5.41) is 0. The fourth-order valence-corrected chi connectivity index (χ4v) is 1.93. The second kappa shape index (κ2) is 6.00. The SMILES string of the molecule is Cc1ccc(OCc2nccn2C(F)F)c(C(C)N)c1. The van der Waals surface area contributed by atoms with Gasteiger partial charge in [-0.1, -0.05) is 17.7 Å². The van der Waals surface area contributed by atoms with Gasteiger partial charge in [0.1, 0.15) is 12.4 Å². The molecule has 0 spiro atoms. The molecule has 6 heteroatoms. The number of nitrogens with zero attached hydrogens (tertiary/aromatic N) is 2. The molecule has 2 N–H and O–H groups in total.